The summed E-state index contributed by atoms with van der Waals surface area (Å²) >= 11 is 0. The van der Waals surface area contributed by atoms with Crippen molar-refractivity contribution in [2.45, 2.75) is 19.3 Å². The third kappa shape index (κ3) is 2.55. The second-order valence-corrected chi connectivity index (χ2v) is 6.82. The maximum absolute atomic E-state index is 12.8. The van der Waals surface area contributed by atoms with E-state index in [9.17, 15) is 9.59 Å². The number of nitrogens with one attached hydrogen (secondary N) is 2. The van der Waals surface area contributed by atoms with E-state index in [2.05, 4.69) is 10.3 Å². The van der Waals surface area contributed by atoms with Crippen molar-refractivity contribution in [1.82, 2.24) is 15.2 Å². The van der Waals surface area contributed by atoms with E-state index in [0.717, 1.165) is 49.9 Å². The molecule has 2 N–H and O–H groups in total. The minimum absolute atomic E-state index is 0.141. The number of aromatic amines is 1. The Kier molecular flexibility index (Phi) is 3.45. The number of carbonyl (C=O) groups excluding carboxylic acids is 1. The molecule has 2 aliphatic rings. The summed E-state index contributed by atoms with van der Waals surface area (Å²) in [6, 6.07) is 9.27. The van der Waals surface area contributed by atoms with E-state index < -0.39 is 0 Å². The number of fused-ring (bicyclic) bond motifs is 1. The number of nitrogens with zero attached hydrogens (tertiary/aromatic N) is 1. The Balaban J connectivity index is 1.57. The zero-order valence-corrected chi connectivity index (χ0v) is 13.1. The molecule has 0 bridgehead atoms. The largest absolute Gasteiger partial charge is 0.338 e. The molecule has 1 aromatic heterocycles. The Hall–Kier alpha value is -2.14. The van der Waals surface area contributed by atoms with Crippen molar-refractivity contribution in [3.05, 3.63) is 46.2 Å². The van der Waals surface area contributed by atoms with Crippen molar-refractivity contribution in [3.63, 3.8) is 0 Å². The second kappa shape index (κ2) is 5.49. The number of carbonyl (C=O) groups is 1. The zero-order chi connectivity index (χ0) is 15.9. The summed E-state index contributed by atoms with van der Waals surface area (Å²) in [5.41, 5.74) is 1.09. The van der Waals surface area contributed by atoms with Crippen LogP contribution in [-0.4, -0.2) is 42.0 Å². The molecule has 1 amide bonds. The molecule has 5 heteroatoms. The van der Waals surface area contributed by atoms with E-state index in [4.69, 9.17) is 0 Å². The zero-order valence-electron chi connectivity index (χ0n) is 13.1. The molecule has 3 heterocycles. The highest BCUT2D eigenvalue weighted by molar-refractivity contribution is 5.97. The fraction of sp³-hybridized carbons (Fsp3) is 0.444. The summed E-state index contributed by atoms with van der Waals surface area (Å²) in [4.78, 5) is 29.7. The smallest absolute Gasteiger partial charge is 0.261 e. The predicted molar refractivity (Wildman–Crippen MR) is 89.6 cm³/mol. The molecular formula is C18H21N3O2. The number of pyridine rings is 1. The molecule has 0 unspecified atom stereocenters. The minimum atomic E-state index is -0.295. The van der Waals surface area contributed by atoms with Crippen LogP contribution in [0.2, 0.25) is 0 Å². The molecule has 2 aliphatic heterocycles. The van der Waals surface area contributed by atoms with Crippen LogP contribution in [0.5, 0.6) is 0 Å². The fourth-order valence-electron chi connectivity index (χ4n) is 3.88. The number of likely N-dealkylation sites (tertiary alicyclic amines) is 1. The normalized spacial score (nSPS) is 20.3. The first kappa shape index (κ1) is 14.5. The molecule has 0 radical (unpaired) electrons. The van der Waals surface area contributed by atoms with Crippen LogP contribution in [0.1, 0.15) is 29.6 Å². The summed E-state index contributed by atoms with van der Waals surface area (Å²) in [6.45, 7) is 3.63. The summed E-state index contributed by atoms with van der Waals surface area (Å²) in [5.74, 6) is -0.141. The number of H-pyrrole nitrogens is 1. The topological polar surface area (TPSA) is 65.2 Å². The number of rotatable bonds is 1. The SMILES string of the molecule is O=C(c1cc2ccccc2[nH]c1=O)N1CCC2(CCNC2)CC1. The van der Waals surface area contributed by atoms with Crippen LogP contribution in [0, 0.1) is 5.41 Å². The van der Waals surface area contributed by atoms with Crippen molar-refractivity contribution >= 4 is 16.8 Å². The van der Waals surface area contributed by atoms with Crippen molar-refractivity contribution in [1.29, 1.82) is 0 Å². The highest BCUT2D eigenvalue weighted by atomic mass is 16.2. The number of aromatic nitrogens is 1. The number of para-hydroxylation sites is 1. The molecule has 0 atom stereocenters. The van der Waals surface area contributed by atoms with Crippen LogP contribution in [0.3, 0.4) is 0 Å². The summed E-state index contributed by atoms with van der Waals surface area (Å²) < 4.78 is 0. The van der Waals surface area contributed by atoms with Crippen LogP contribution in [0.15, 0.2) is 35.1 Å². The molecule has 120 valence electrons. The van der Waals surface area contributed by atoms with E-state index >= 15 is 0 Å². The van der Waals surface area contributed by atoms with Gasteiger partial charge in [-0.25, -0.2) is 0 Å². The standard InChI is InChI=1S/C18H21N3O2/c22-16-14(11-13-3-1-2-4-15(13)20-16)17(23)21-9-6-18(7-10-21)5-8-19-12-18/h1-4,11,19H,5-10,12H2,(H,20,22). The van der Waals surface area contributed by atoms with Gasteiger partial charge in [0.1, 0.15) is 5.56 Å². The van der Waals surface area contributed by atoms with Crippen LogP contribution in [-0.2, 0) is 0 Å². The number of piperidine rings is 1. The predicted octanol–water partition coefficient (Wildman–Crippen LogP) is 1.74. The van der Waals surface area contributed by atoms with Crippen molar-refractivity contribution in [2.75, 3.05) is 26.2 Å². The van der Waals surface area contributed by atoms with Gasteiger partial charge in [0, 0.05) is 25.2 Å². The quantitative estimate of drug-likeness (QED) is 0.843. The molecule has 23 heavy (non-hydrogen) atoms. The van der Waals surface area contributed by atoms with Crippen molar-refractivity contribution in [3.8, 4) is 0 Å². The number of hydrogen-bond acceptors (Lipinski definition) is 3. The van der Waals surface area contributed by atoms with Gasteiger partial charge in [-0.1, -0.05) is 18.2 Å². The van der Waals surface area contributed by atoms with Crippen molar-refractivity contribution in [2.24, 2.45) is 5.41 Å². The second-order valence-electron chi connectivity index (χ2n) is 6.82. The highest BCUT2D eigenvalue weighted by Gasteiger charge is 2.38. The van der Waals surface area contributed by atoms with Crippen LogP contribution < -0.4 is 10.9 Å². The Morgan fingerprint density at radius 1 is 1.13 bits per heavy atom. The summed E-state index contributed by atoms with van der Waals surface area (Å²) in [5, 5.41) is 4.32. The summed E-state index contributed by atoms with van der Waals surface area (Å²) in [6.07, 6.45) is 3.25. The first-order valence-corrected chi connectivity index (χ1v) is 8.29. The third-order valence-electron chi connectivity index (χ3n) is 5.43. The lowest BCUT2D eigenvalue weighted by atomic mass is 9.78. The third-order valence-corrected chi connectivity index (χ3v) is 5.43. The van der Waals surface area contributed by atoms with Crippen LogP contribution in [0.4, 0.5) is 0 Å². The highest BCUT2D eigenvalue weighted by Crippen LogP contribution is 2.37. The monoisotopic (exact) mass is 311 g/mol. The molecular weight excluding hydrogens is 290 g/mol. The van der Waals surface area contributed by atoms with Crippen LogP contribution >= 0.6 is 0 Å². The van der Waals surface area contributed by atoms with Gasteiger partial charge in [0.15, 0.2) is 0 Å². The lowest BCUT2D eigenvalue weighted by Crippen LogP contribution is -2.45. The van der Waals surface area contributed by atoms with Gasteiger partial charge in [-0.2, -0.15) is 0 Å². The number of hydrogen-bond donors (Lipinski definition) is 2. The Morgan fingerprint density at radius 3 is 2.65 bits per heavy atom. The van der Waals surface area contributed by atoms with Gasteiger partial charge in [0.05, 0.1) is 0 Å². The van der Waals surface area contributed by atoms with Gasteiger partial charge in [-0.3, -0.25) is 9.59 Å². The molecule has 2 fully saturated rings. The van der Waals surface area contributed by atoms with Gasteiger partial charge >= 0.3 is 0 Å². The van der Waals surface area contributed by atoms with Gasteiger partial charge in [0.25, 0.3) is 11.5 Å². The lowest BCUT2D eigenvalue weighted by molar-refractivity contribution is 0.0606. The lowest BCUT2D eigenvalue weighted by Gasteiger charge is -2.38. The first-order chi connectivity index (χ1) is 11.2. The van der Waals surface area contributed by atoms with E-state index in [1.54, 1.807) is 6.07 Å². The molecule has 2 aromatic rings. The maximum atomic E-state index is 12.8. The molecule has 1 aromatic carbocycles. The molecule has 0 aliphatic carbocycles. The van der Waals surface area contributed by atoms with Gasteiger partial charge in [0.2, 0.25) is 0 Å². The summed E-state index contributed by atoms with van der Waals surface area (Å²) in [7, 11) is 0. The number of benzene rings is 1. The van der Waals surface area contributed by atoms with E-state index in [-0.39, 0.29) is 17.0 Å². The Morgan fingerprint density at radius 2 is 1.91 bits per heavy atom. The average molecular weight is 311 g/mol. The number of amides is 1. The Labute approximate surface area is 134 Å². The van der Waals surface area contributed by atoms with E-state index in [0.29, 0.717) is 5.41 Å². The van der Waals surface area contributed by atoms with Crippen LogP contribution in [0.25, 0.3) is 10.9 Å². The minimum Gasteiger partial charge on any atom is -0.338 e. The van der Waals surface area contributed by atoms with Gasteiger partial charge in [-0.05, 0) is 48.7 Å². The Bertz CT molecular complexity index is 795. The van der Waals surface area contributed by atoms with Gasteiger partial charge in [-0.15, -0.1) is 0 Å². The molecule has 2 saturated heterocycles. The van der Waals surface area contributed by atoms with E-state index in [1.165, 1.54) is 6.42 Å². The molecule has 1 spiro atoms. The average Bonchev–Trinajstić information content (AvgIpc) is 3.02. The fourth-order valence-corrected chi connectivity index (χ4v) is 3.88. The first-order valence-electron chi connectivity index (χ1n) is 8.29. The molecule has 0 saturated carbocycles. The molecule has 5 nitrogen and oxygen atoms in total. The maximum Gasteiger partial charge on any atom is 0.261 e. The van der Waals surface area contributed by atoms with Gasteiger partial charge < -0.3 is 15.2 Å². The van der Waals surface area contributed by atoms with Crippen molar-refractivity contribution < 1.29 is 4.79 Å². The molecule has 4 rings (SSSR count). The van der Waals surface area contributed by atoms with E-state index in [1.807, 2.05) is 29.2 Å².